The summed E-state index contributed by atoms with van der Waals surface area (Å²) in [6.07, 6.45) is 4.15. The number of hydrogen-bond acceptors (Lipinski definition) is 2. The van der Waals surface area contributed by atoms with Crippen molar-refractivity contribution in [1.82, 2.24) is 4.90 Å². The fourth-order valence-electron chi connectivity index (χ4n) is 1.88. The third-order valence-corrected chi connectivity index (χ3v) is 3.26. The Morgan fingerprint density at radius 2 is 2.31 bits per heavy atom. The average molecular weight is 182 g/mol. The molecule has 0 spiro atoms. The number of likely N-dealkylation sites (tertiary alicyclic amines) is 1. The highest BCUT2D eigenvalue weighted by Gasteiger charge is 2.40. The minimum atomic E-state index is 0.218. The van der Waals surface area contributed by atoms with E-state index in [1.54, 1.807) is 0 Å². The van der Waals surface area contributed by atoms with Gasteiger partial charge in [0, 0.05) is 25.6 Å². The molecule has 2 fully saturated rings. The fraction of sp³-hybridized carbons (Fsp3) is 0.900. The van der Waals surface area contributed by atoms with Gasteiger partial charge in [0.2, 0.25) is 5.91 Å². The molecule has 1 atom stereocenters. The van der Waals surface area contributed by atoms with Crippen molar-refractivity contribution in [3.63, 3.8) is 0 Å². The van der Waals surface area contributed by atoms with Crippen molar-refractivity contribution >= 4 is 5.91 Å². The van der Waals surface area contributed by atoms with E-state index in [2.05, 4.69) is 6.92 Å². The first-order chi connectivity index (χ1) is 6.09. The zero-order valence-corrected chi connectivity index (χ0v) is 8.25. The molecule has 1 amide bonds. The van der Waals surface area contributed by atoms with E-state index in [0.29, 0.717) is 11.3 Å². The second kappa shape index (κ2) is 2.98. The van der Waals surface area contributed by atoms with Gasteiger partial charge in [0.25, 0.3) is 0 Å². The van der Waals surface area contributed by atoms with Crippen LogP contribution < -0.4 is 5.73 Å². The van der Waals surface area contributed by atoms with E-state index in [1.807, 2.05) is 4.90 Å². The van der Waals surface area contributed by atoms with Crippen LogP contribution in [0.4, 0.5) is 0 Å². The Hall–Kier alpha value is -0.570. The Kier molecular flexibility index (Phi) is 2.06. The number of rotatable bonds is 2. The molecule has 1 saturated carbocycles. The van der Waals surface area contributed by atoms with Crippen LogP contribution in [0.2, 0.25) is 0 Å². The predicted octanol–water partition coefficient (Wildman–Crippen LogP) is 0.736. The summed E-state index contributed by atoms with van der Waals surface area (Å²) >= 11 is 0. The summed E-state index contributed by atoms with van der Waals surface area (Å²) in [6, 6.07) is 0.218. The summed E-state index contributed by atoms with van der Waals surface area (Å²) in [6.45, 7) is 3.84. The molecule has 0 bridgehead atoms. The molecular weight excluding hydrogens is 164 g/mol. The zero-order chi connectivity index (χ0) is 9.47. The van der Waals surface area contributed by atoms with Gasteiger partial charge < -0.3 is 10.6 Å². The standard InChI is InChI=1S/C10H18N2O/c1-10(3-4-10)6-9(13)12-5-2-8(11)7-12/h8H,2-7,11H2,1H3/t8-/m1/s1. The fourth-order valence-corrected chi connectivity index (χ4v) is 1.88. The van der Waals surface area contributed by atoms with Gasteiger partial charge in [0.1, 0.15) is 0 Å². The Morgan fingerprint density at radius 1 is 1.62 bits per heavy atom. The maximum Gasteiger partial charge on any atom is 0.223 e. The molecule has 0 aromatic heterocycles. The summed E-state index contributed by atoms with van der Waals surface area (Å²) < 4.78 is 0. The van der Waals surface area contributed by atoms with Crippen molar-refractivity contribution in [3.05, 3.63) is 0 Å². The smallest absolute Gasteiger partial charge is 0.223 e. The molecule has 3 heteroatoms. The minimum Gasteiger partial charge on any atom is -0.341 e. The topological polar surface area (TPSA) is 46.3 Å². The van der Waals surface area contributed by atoms with Crippen molar-refractivity contribution in [3.8, 4) is 0 Å². The van der Waals surface area contributed by atoms with Gasteiger partial charge in [-0.2, -0.15) is 0 Å². The number of amides is 1. The highest BCUT2D eigenvalue weighted by atomic mass is 16.2. The van der Waals surface area contributed by atoms with Gasteiger partial charge in [-0.3, -0.25) is 4.79 Å². The third-order valence-electron chi connectivity index (χ3n) is 3.26. The SMILES string of the molecule is CC1(CC(=O)N2CC[C@@H](N)C2)CC1. The van der Waals surface area contributed by atoms with Crippen LogP contribution >= 0.6 is 0 Å². The molecule has 1 heterocycles. The third kappa shape index (κ3) is 2.02. The van der Waals surface area contributed by atoms with E-state index in [4.69, 9.17) is 5.73 Å². The molecule has 74 valence electrons. The number of carbonyl (C=O) groups excluding carboxylic acids is 1. The summed E-state index contributed by atoms with van der Waals surface area (Å²) in [4.78, 5) is 13.6. The minimum absolute atomic E-state index is 0.218. The van der Waals surface area contributed by atoms with Crippen LogP contribution in [0.1, 0.15) is 32.6 Å². The summed E-state index contributed by atoms with van der Waals surface area (Å²) in [5, 5.41) is 0. The normalized spacial score (nSPS) is 30.6. The highest BCUT2D eigenvalue weighted by Crippen LogP contribution is 2.48. The monoisotopic (exact) mass is 182 g/mol. The molecule has 2 N–H and O–H groups in total. The number of carbonyl (C=O) groups is 1. The van der Waals surface area contributed by atoms with Gasteiger partial charge in [0.15, 0.2) is 0 Å². The van der Waals surface area contributed by atoms with Crippen molar-refractivity contribution in [2.45, 2.75) is 38.6 Å². The number of nitrogens with zero attached hydrogens (tertiary/aromatic N) is 1. The molecule has 13 heavy (non-hydrogen) atoms. The predicted molar refractivity (Wildman–Crippen MR) is 51.1 cm³/mol. The quantitative estimate of drug-likeness (QED) is 0.684. The second-order valence-electron chi connectivity index (χ2n) is 4.88. The van der Waals surface area contributed by atoms with Crippen molar-refractivity contribution in [2.75, 3.05) is 13.1 Å². The molecule has 0 unspecified atom stereocenters. The lowest BCUT2D eigenvalue weighted by atomic mass is 10.1. The van der Waals surface area contributed by atoms with Gasteiger partial charge in [-0.15, -0.1) is 0 Å². The van der Waals surface area contributed by atoms with E-state index in [9.17, 15) is 4.79 Å². The first kappa shape index (κ1) is 9.00. The van der Waals surface area contributed by atoms with Crippen molar-refractivity contribution in [2.24, 2.45) is 11.1 Å². The lowest BCUT2D eigenvalue weighted by molar-refractivity contribution is -0.131. The van der Waals surface area contributed by atoms with Crippen LogP contribution in [0, 0.1) is 5.41 Å². The maximum atomic E-state index is 11.7. The molecule has 1 aliphatic carbocycles. The van der Waals surface area contributed by atoms with Crippen LogP contribution in [-0.2, 0) is 4.79 Å². The van der Waals surface area contributed by atoms with Gasteiger partial charge in [-0.1, -0.05) is 6.92 Å². The number of hydrogen-bond donors (Lipinski definition) is 1. The van der Waals surface area contributed by atoms with Gasteiger partial charge >= 0.3 is 0 Å². The Balaban J connectivity index is 1.83. The lowest BCUT2D eigenvalue weighted by Gasteiger charge is -2.17. The van der Waals surface area contributed by atoms with Crippen LogP contribution in [0.3, 0.4) is 0 Å². The van der Waals surface area contributed by atoms with E-state index in [-0.39, 0.29) is 6.04 Å². The maximum absolute atomic E-state index is 11.7. The van der Waals surface area contributed by atoms with Gasteiger partial charge in [0.05, 0.1) is 0 Å². The molecule has 0 aromatic rings. The van der Waals surface area contributed by atoms with Crippen molar-refractivity contribution < 1.29 is 4.79 Å². The first-order valence-electron chi connectivity index (χ1n) is 5.12. The second-order valence-corrected chi connectivity index (χ2v) is 4.88. The Bertz CT molecular complexity index is 223. The zero-order valence-electron chi connectivity index (χ0n) is 8.25. The van der Waals surface area contributed by atoms with Crippen LogP contribution in [-0.4, -0.2) is 29.9 Å². The average Bonchev–Trinajstić information content (AvgIpc) is 2.62. The summed E-state index contributed by atoms with van der Waals surface area (Å²) in [5.41, 5.74) is 6.09. The first-order valence-corrected chi connectivity index (χ1v) is 5.12. The molecule has 1 aliphatic heterocycles. The number of nitrogens with two attached hydrogens (primary N) is 1. The van der Waals surface area contributed by atoms with Gasteiger partial charge in [-0.05, 0) is 24.7 Å². The molecule has 2 rings (SSSR count). The molecule has 0 radical (unpaired) electrons. The molecule has 3 nitrogen and oxygen atoms in total. The Labute approximate surface area is 79.3 Å². The lowest BCUT2D eigenvalue weighted by Crippen LogP contribution is -2.32. The van der Waals surface area contributed by atoms with Crippen LogP contribution in [0.5, 0.6) is 0 Å². The van der Waals surface area contributed by atoms with E-state index in [0.717, 1.165) is 25.9 Å². The molecule has 0 aromatic carbocycles. The molecular formula is C10H18N2O. The van der Waals surface area contributed by atoms with Gasteiger partial charge in [-0.25, -0.2) is 0 Å². The van der Waals surface area contributed by atoms with E-state index >= 15 is 0 Å². The largest absolute Gasteiger partial charge is 0.341 e. The van der Waals surface area contributed by atoms with Crippen molar-refractivity contribution in [1.29, 1.82) is 0 Å². The van der Waals surface area contributed by atoms with E-state index in [1.165, 1.54) is 12.8 Å². The summed E-state index contributed by atoms with van der Waals surface area (Å²) in [5.74, 6) is 0.313. The van der Waals surface area contributed by atoms with E-state index < -0.39 is 0 Å². The summed E-state index contributed by atoms with van der Waals surface area (Å²) in [7, 11) is 0. The molecule has 1 saturated heterocycles. The van der Waals surface area contributed by atoms with Crippen LogP contribution in [0.25, 0.3) is 0 Å². The van der Waals surface area contributed by atoms with Crippen LogP contribution in [0.15, 0.2) is 0 Å². The Morgan fingerprint density at radius 3 is 2.77 bits per heavy atom. The molecule has 2 aliphatic rings. The highest BCUT2D eigenvalue weighted by molar-refractivity contribution is 5.77.